The lowest BCUT2D eigenvalue weighted by molar-refractivity contribution is 1.06. The van der Waals surface area contributed by atoms with Crippen LogP contribution in [0.25, 0.3) is 21.5 Å². The van der Waals surface area contributed by atoms with Crippen LogP contribution in [0, 0.1) is 33.6 Å². The van der Waals surface area contributed by atoms with Crippen LogP contribution in [-0.4, -0.2) is 5.66 Å². The largest absolute Gasteiger partial charge is 0.0720 e. The molecule has 2 heteroatoms. The van der Waals surface area contributed by atoms with E-state index in [1.165, 1.54) is 76.2 Å². The quantitative estimate of drug-likeness (QED) is 0.156. The molecule has 7 rings (SSSR count). The van der Waals surface area contributed by atoms with Crippen molar-refractivity contribution in [1.82, 2.24) is 0 Å². The van der Waals surface area contributed by atoms with Gasteiger partial charge >= 0.3 is 0 Å². The monoisotopic (exact) mass is 617 g/mol. The summed E-state index contributed by atoms with van der Waals surface area (Å²) in [7, 11) is -1.50. The van der Waals surface area contributed by atoms with Gasteiger partial charge in [0, 0.05) is 5.92 Å². The van der Waals surface area contributed by atoms with E-state index in [2.05, 4.69) is 174 Å². The van der Waals surface area contributed by atoms with Crippen molar-refractivity contribution in [3.63, 3.8) is 0 Å². The molecule has 0 fully saturated rings. The molecule has 1 aliphatic carbocycles. The number of fused-ring (bicyclic) bond motifs is 2. The van der Waals surface area contributed by atoms with Crippen LogP contribution in [0.15, 0.2) is 145 Å². The molecule has 0 N–H and O–H groups in total. The fourth-order valence-electron chi connectivity index (χ4n) is 7.09. The molecule has 0 heterocycles. The molecule has 1 aliphatic rings. The Morgan fingerprint density at radius 2 is 0.956 bits per heavy atom. The van der Waals surface area contributed by atoms with Crippen molar-refractivity contribution in [2.24, 2.45) is 0 Å². The summed E-state index contributed by atoms with van der Waals surface area (Å²) in [6.45, 7) is 11.4. The zero-order valence-electron chi connectivity index (χ0n) is 26.8. The molecule has 6 aromatic carbocycles. The normalized spacial score (nSPS) is 14.2. The van der Waals surface area contributed by atoms with Crippen LogP contribution in [0.4, 0.5) is 0 Å². The minimum atomic E-state index is -0.839. The van der Waals surface area contributed by atoms with Gasteiger partial charge in [-0.2, -0.15) is 0 Å². The summed E-state index contributed by atoms with van der Waals surface area (Å²) in [5, 5.41) is 12.6. The second kappa shape index (κ2) is 12.5. The van der Waals surface area contributed by atoms with Gasteiger partial charge in [0.1, 0.15) is 0 Å². The van der Waals surface area contributed by atoms with Crippen molar-refractivity contribution >= 4 is 58.6 Å². The lowest BCUT2D eigenvalue weighted by atomic mass is 10.1. The maximum Gasteiger partial charge on any atom is 0.0355 e. The van der Waals surface area contributed by atoms with Crippen LogP contribution in [0.3, 0.4) is 0 Å². The SMILES string of the molecule is Cc1cc(C)cc(P(c2cc(C)cc(C)c2)[C@@H](C)[C]2C=CC=C2P(c2cccc3ccccc23)c2cccc3ccccc23)c1. The summed E-state index contributed by atoms with van der Waals surface area (Å²) in [5.41, 5.74) is 5.69. The molecule has 0 nitrogen and oxygen atoms in total. The van der Waals surface area contributed by atoms with Crippen molar-refractivity contribution in [2.45, 2.75) is 40.3 Å². The molecule has 221 valence electrons. The van der Waals surface area contributed by atoms with Crippen molar-refractivity contribution in [3.8, 4) is 0 Å². The van der Waals surface area contributed by atoms with Crippen LogP contribution >= 0.6 is 15.8 Å². The molecule has 1 radical (unpaired) electrons. The Balaban J connectivity index is 1.42. The van der Waals surface area contributed by atoms with E-state index < -0.39 is 15.8 Å². The number of hydrogen-bond acceptors (Lipinski definition) is 0. The van der Waals surface area contributed by atoms with Crippen molar-refractivity contribution in [3.05, 3.63) is 173 Å². The van der Waals surface area contributed by atoms with Crippen molar-refractivity contribution in [1.29, 1.82) is 0 Å². The van der Waals surface area contributed by atoms with E-state index in [0.29, 0.717) is 5.66 Å². The minimum Gasteiger partial charge on any atom is -0.0720 e. The summed E-state index contributed by atoms with van der Waals surface area (Å²) < 4.78 is 0. The van der Waals surface area contributed by atoms with E-state index in [9.17, 15) is 0 Å². The number of benzene rings is 6. The first-order valence-electron chi connectivity index (χ1n) is 15.8. The van der Waals surface area contributed by atoms with Crippen LogP contribution in [-0.2, 0) is 0 Å². The molecule has 1 atom stereocenters. The summed E-state index contributed by atoms with van der Waals surface area (Å²) in [6, 6.07) is 46.0. The highest BCUT2D eigenvalue weighted by Crippen LogP contribution is 2.57. The van der Waals surface area contributed by atoms with Gasteiger partial charge in [0.05, 0.1) is 0 Å². The molecule has 0 aromatic heterocycles. The van der Waals surface area contributed by atoms with Gasteiger partial charge in [0.25, 0.3) is 0 Å². The summed E-state index contributed by atoms with van der Waals surface area (Å²) in [4.78, 5) is 0. The Kier molecular flexibility index (Phi) is 8.31. The smallest absolute Gasteiger partial charge is 0.0355 e. The Morgan fingerprint density at radius 3 is 1.44 bits per heavy atom. The Hall–Kier alpha value is -3.82. The molecular formula is C43H39P2. The van der Waals surface area contributed by atoms with E-state index in [1.807, 2.05) is 0 Å². The highest BCUT2D eigenvalue weighted by Gasteiger charge is 2.36. The summed E-state index contributed by atoms with van der Waals surface area (Å²) >= 11 is 0. The second-order valence-electron chi connectivity index (χ2n) is 12.4. The number of rotatable bonds is 7. The fraction of sp³-hybridized carbons (Fsp3) is 0.140. The molecule has 0 unspecified atom stereocenters. The lowest BCUT2D eigenvalue weighted by Crippen LogP contribution is -2.27. The third kappa shape index (κ3) is 5.84. The molecular weight excluding hydrogens is 578 g/mol. The maximum atomic E-state index is 2.49. The van der Waals surface area contributed by atoms with Gasteiger partial charge in [-0.3, -0.25) is 0 Å². The van der Waals surface area contributed by atoms with Crippen LogP contribution in [0.1, 0.15) is 29.2 Å². The first kappa shape index (κ1) is 29.9. The van der Waals surface area contributed by atoms with E-state index in [4.69, 9.17) is 0 Å². The van der Waals surface area contributed by atoms with Crippen molar-refractivity contribution < 1.29 is 0 Å². The van der Waals surface area contributed by atoms with Gasteiger partial charge in [-0.15, -0.1) is 0 Å². The van der Waals surface area contributed by atoms with Crippen LogP contribution in [0.2, 0.25) is 0 Å². The van der Waals surface area contributed by atoms with Gasteiger partial charge in [-0.25, -0.2) is 0 Å². The first-order chi connectivity index (χ1) is 21.9. The third-order valence-electron chi connectivity index (χ3n) is 8.89. The molecule has 6 aromatic rings. The standard InChI is InChI=1S/C43H39P2/c1-29-23-30(2)26-36(25-29)44(37-27-31(3)24-32(4)28-37)33(5)38-19-12-22-41(38)45(42-20-10-15-34-13-6-8-17-39(34)42)43-21-11-16-35-14-7-9-18-40(35)43/h6-28,33H,1-5H3/t33-/m0/s1. The topological polar surface area (TPSA) is 0 Å². The number of hydrogen-bond donors (Lipinski definition) is 0. The van der Waals surface area contributed by atoms with Crippen LogP contribution < -0.4 is 21.2 Å². The third-order valence-corrected chi connectivity index (χ3v) is 14.2. The van der Waals surface area contributed by atoms with Gasteiger partial charge in [-0.1, -0.05) is 169 Å². The van der Waals surface area contributed by atoms with E-state index >= 15 is 0 Å². The summed E-state index contributed by atoms with van der Waals surface area (Å²) in [6.07, 6.45) is 7.16. The predicted molar refractivity (Wildman–Crippen MR) is 202 cm³/mol. The lowest BCUT2D eigenvalue weighted by Gasteiger charge is -2.34. The van der Waals surface area contributed by atoms with E-state index in [1.54, 1.807) is 0 Å². The Morgan fingerprint density at radius 1 is 0.511 bits per heavy atom. The highest BCUT2D eigenvalue weighted by molar-refractivity contribution is 7.78. The molecule has 0 aliphatic heterocycles. The Labute approximate surface area is 271 Å². The average molecular weight is 618 g/mol. The molecule has 0 bridgehead atoms. The molecule has 0 spiro atoms. The second-order valence-corrected chi connectivity index (χ2v) is 17.1. The molecule has 0 saturated carbocycles. The summed E-state index contributed by atoms with van der Waals surface area (Å²) in [5.74, 6) is 1.48. The molecule has 0 saturated heterocycles. The average Bonchev–Trinajstić information content (AvgIpc) is 3.50. The predicted octanol–water partition coefficient (Wildman–Crippen LogP) is 10.2. The maximum absolute atomic E-state index is 2.49. The van der Waals surface area contributed by atoms with Gasteiger partial charge in [0.2, 0.25) is 0 Å². The molecule has 45 heavy (non-hydrogen) atoms. The van der Waals surface area contributed by atoms with Crippen molar-refractivity contribution in [2.75, 3.05) is 0 Å². The number of allylic oxidation sites excluding steroid dienone is 4. The van der Waals surface area contributed by atoms with Gasteiger partial charge < -0.3 is 0 Å². The zero-order chi connectivity index (χ0) is 31.1. The highest BCUT2D eigenvalue weighted by atomic mass is 31.1. The Bertz CT molecular complexity index is 1920. The first-order valence-corrected chi connectivity index (χ1v) is 18.6. The minimum absolute atomic E-state index is 0.336. The number of aryl methyl sites for hydroxylation is 4. The van der Waals surface area contributed by atoms with E-state index in [-0.39, 0.29) is 0 Å². The zero-order valence-corrected chi connectivity index (χ0v) is 28.5. The molecule has 0 amide bonds. The van der Waals surface area contributed by atoms with Crippen LogP contribution in [0.5, 0.6) is 0 Å². The van der Waals surface area contributed by atoms with Gasteiger partial charge in [-0.05, 0) is 97.3 Å². The fourth-order valence-corrected chi connectivity index (χ4v) is 13.2. The van der Waals surface area contributed by atoms with E-state index in [0.717, 1.165) is 0 Å². The van der Waals surface area contributed by atoms with Gasteiger partial charge in [0.15, 0.2) is 0 Å².